The van der Waals surface area contributed by atoms with Crippen LogP contribution in [0.1, 0.15) is 30.5 Å². The minimum Gasteiger partial charge on any atom is -0.306 e. The number of nitrogens with one attached hydrogen (secondary N) is 1. The first kappa shape index (κ1) is 15.2. The molecule has 0 bridgehead atoms. The molecule has 2 heterocycles. The molecule has 0 saturated heterocycles. The molecule has 0 aliphatic rings. The van der Waals surface area contributed by atoms with Crippen LogP contribution in [0, 0.1) is 0 Å². The summed E-state index contributed by atoms with van der Waals surface area (Å²) in [6.07, 6.45) is 1.13. The average molecular weight is 474 g/mol. The molecule has 0 spiro atoms. The molecule has 0 amide bonds. The van der Waals surface area contributed by atoms with Gasteiger partial charge in [0.05, 0.1) is 17.4 Å². The zero-order chi connectivity index (χ0) is 13.1. The van der Waals surface area contributed by atoms with Crippen molar-refractivity contribution < 1.29 is 0 Å². The molecule has 1 nitrogen and oxygen atoms in total. The van der Waals surface area contributed by atoms with Gasteiger partial charge >= 0.3 is 0 Å². The van der Waals surface area contributed by atoms with E-state index in [0.717, 1.165) is 16.8 Å². The minimum atomic E-state index is 0.254. The number of thiophene rings is 2. The van der Waals surface area contributed by atoms with Crippen LogP contribution in [0.5, 0.6) is 0 Å². The Bertz CT molecular complexity index is 521. The van der Waals surface area contributed by atoms with Crippen LogP contribution >= 0.6 is 70.5 Å². The highest BCUT2D eigenvalue weighted by Gasteiger charge is 2.19. The quantitative estimate of drug-likeness (QED) is 0.546. The normalized spacial score (nSPS) is 12.9. The highest BCUT2D eigenvalue weighted by Crippen LogP contribution is 2.39. The van der Waals surface area contributed by atoms with Crippen LogP contribution in [0.25, 0.3) is 0 Å². The van der Waals surface area contributed by atoms with Crippen LogP contribution in [0.2, 0.25) is 0 Å². The maximum absolute atomic E-state index is 3.65. The largest absolute Gasteiger partial charge is 0.306 e. The summed E-state index contributed by atoms with van der Waals surface area (Å²) in [5.41, 5.74) is 2.61. The molecule has 0 saturated carbocycles. The summed E-state index contributed by atoms with van der Waals surface area (Å²) in [6, 6.07) is 4.63. The van der Waals surface area contributed by atoms with E-state index in [9.17, 15) is 0 Å². The van der Waals surface area contributed by atoms with E-state index in [2.05, 4.69) is 77.5 Å². The van der Waals surface area contributed by atoms with Crippen LogP contribution in [-0.2, 0) is 0 Å². The SMILES string of the molecule is CCCNC(c1csc(Br)c1)c1cc(Br)sc1Br. The Balaban J connectivity index is 2.33. The van der Waals surface area contributed by atoms with Gasteiger partial charge in [-0.1, -0.05) is 6.92 Å². The van der Waals surface area contributed by atoms with Gasteiger partial charge in [-0.25, -0.2) is 0 Å². The lowest BCUT2D eigenvalue weighted by Gasteiger charge is -2.17. The highest BCUT2D eigenvalue weighted by atomic mass is 79.9. The van der Waals surface area contributed by atoms with Crippen molar-refractivity contribution in [1.29, 1.82) is 0 Å². The van der Waals surface area contributed by atoms with Gasteiger partial charge in [-0.2, -0.15) is 0 Å². The lowest BCUT2D eigenvalue weighted by atomic mass is 10.0. The predicted octanol–water partition coefficient (Wildman–Crippen LogP) is 6.19. The van der Waals surface area contributed by atoms with Crippen molar-refractivity contribution in [2.24, 2.45) is 0 Å². The number of hydrogen-bond donors (Lipinski definition) is 1. The molecular formula is C12H12Br3NS2. The van der Waals surface area contributed by atoms with Crippen LogP contribution in [0.4, 0.5) is 0 Å². The Labute approximate surface area is 140 Å². The van der Waals surface area contributed by atoms with Crippen LogP contribution < -0.4 is 5.32 Å². The summed E-state index contributed by atoms with van der Waals surface area (Å²) >= 11 is 14.2. The smallest absolute Gasteiger partial charge is 0.0761 e. The first-order valence-corrected chi connectivity index (χ1v) is 9.61. The Morgan fingerprint density at radius 2 is 2.00 bits per heavy atom. The van der Waals surface area contributed by atoms with Crippen molar-refractivity contribution >= 4 is 70.5 Å². The molecule has 0 fully saturated rings. The Kier molecular flexibility index (Phi) is 5.90. The van der Waals surface area contributed by atoms with E-state index in [1.807, 2.05) is 0 Å². The summed E-state index contributed by atoms with van der Waals surface area (Å²) in [5, 5.41) is 5.81. The average Bonchev–Trinajstić information content (AvgIpc) is 2.87. The van der Waals surface area contributed by atoms with E-state index in [1.54, 1.807) is 22.7 Å². The first-order chi connectivity index (χ1) is 8.61. The van der Waals surface area contributed by atoms with Gasteiger partial charge in [-0.15, -0.1) is 22.7 Å². The fraction of sp³-hybridized carbons (Fsp3) is 0.333. The van der Waals surface area contributed by atoms with E-state index in [4.69, 9.17) is 0 Å². The fourth-order valence-corrected chi connectivity index (χ4v) is 5.82. The predicted molar refractivity (Wildman–Crippen MR) is 91.9 cm³/mol. The first-order valence-electron chi connectivity index (χ1n) is 5.54. The number of rotatable bonds is 5. The van der Waals surface area contributed by atoms with Crippen LogP contribution in [0.15, 0.2) is 28.9 Å². The zero-order valence-corrected chi connectivity index (χ0v) is 16.1. The van der Waals surface area contributed by atoms with Crippen molar-refractivity contribution in [3.8, 4) is 0 Å². The monoisotopic (exact) mass is 471 g/mol. The highest BCUT2D eigenvalue weighted by molar-refractivity contribution is 9.12. The second-order valence-electron chi connectivity index (χ2n) is 3.85. The van der Waals surface area contributed by atoms with Crippen molar-refractivity contribution in [1.82, 2.24) is 5.32 Å². The Morgan fingerprint density at radius 1 is 1.22 bits per heavy atom. The molecular weight excluding hydrogens is 462 g/mol. The van der Waals surface area contributed by atoms with Crippen molar-refractivity contribution in [3.63, 3.8) is 0 Å². The van der Waals surface area contributed by atoms with Gasteiger partial charge < -0.3 is 5.32 Å². The molecule has 0 aliphatic heterocycles. The van der Waals surface area contributed by atoms with Gasteiger partial charge in [-0.05, 0) is 89.4 Å². The summed E-state index contributed by atoms with van der Waals surface area (Å²) in [7, 11) is 0. The molecule has 1 unspecified atom stereocenters. The summed E-state index contributed by atoms with van der Waals surface area (Å²) in [6.45, 7) is 3.20. The molecule has 2 rings (SSSR count). The zero-order valence-electron chi connectivity index (χ0n) is 9.67. The topological polar surface area (TPSA) is 12.0 Å². The molecule has 1 atom stereocenters. The van der Waals surface area contributed by atoms with Gasteiger partial charge in [-0.3, -0.25) is 0 Å². The van der Waals surface area contributed by atoms with Gasteiger partial charge in [0.2, 0.25) is 0 Å². The minimum absolute atomic E-state index is 0.254. The lowest BCUT2D eigenvalue weighted by Crippen LogP contribution is -2.22. The molecule has 0 aromatic carbocycles. The van der Waals surface area contributed by atoms with E-state index in [0.29, 0.717) is 0 Å². The van der Waals surface area contributed by atoms with E-state index < -0.39 is 0 Å². The standard InChI is InChI=1S/C12H12Br3NS2/c1-2-3-16-11(7-4-9(13)17-6-7)8-5-10(14)18-12(8)15/h4-6,11,16H,2-3H2,1H3. The molecule has 6 heteroatoms. The maximum atomic E-state index is 3.65. The van der Waals surface area contributed by atoms with Crippen molar-refractivity contribution in [3.05, 3.63) is 40.0 Å². The van der Waals surface area contributed by atoms with E-state index in [1.165, 1.54) is 18.7 Å². The maximum Gasteiger partial charge on any atom is 0.0761 e. The second-order valence-corrected chi connectivity index (χ2v) is 9.89. The third-order valence-corrected chi connectivity index (χ3v) is 6.42. The van der Waals surface area contributed by atoms with Gasteiger partial charge in [0.15, 0.2) is 0 Å². The molecule has 0 radical (unpaired) electrons. The third-order valence-electron chi connectivity index (χ3n) is 2.51. The molecule has 18 heavy (non-hydrogen) atoms. The number of hydrogen-bond acceptors (Lipinski definition) is 3. The fourth-order valence-electron chi connectivity index (χ4n) is 1.72. The number of halogens is 3. The summed E-state index contributed by atoms with van der Waals surface area (Å²) in [5.74, 6) is 0. The van der Waals surface area contributed by atoms with E-state index >= 15 is 0 Å². The van der Waals surface area contributed by atoms with Crippen LogP contribution in [-0.4, -0.2) is 6.54 Å². The summed E-state index contributed by atoms with van der Waals surface area (Å²) in [4.78, 5) is 0. The molecule has 2 aromatic rings. The lowest BCUT2D eigenvalue weighted by molar-refractivity contribution is 0.600. The van der Waals surface area contributed by atoms with Gasteiger partial charge in [0.1, 0.15) is 0 Å². The van der Waals surface area contributed by atoms with Crippen molar-refractivity contribution in [2.75, 3.05) is 6.54 Å². The van der Waals surface area contributed by atoms with Crippen molar-refractivity contribution in [2.45, 2.75) is 19.4 Å². The summed E-state index contributed by atoms with van der Waals surface area (Å²) < 4.78 is 3.51. The third kappa shape index (κ3) is 3.67. The molecule has 2 aromatic heterocycles. The van der Waals surface area contributed by atoms with Crippen LogP contribution in [0.3, 0.4) is 0 Å². The Hall–Kier alpha value is 0.800. The molecule has 98 valence electrons. The van der Waals surface area contributed by atoms with E-state index in [-0.39, 0.29) is 6.04 Å². The second kappa shape index (κ2) is 6.99. The Morgan fingerprint density at radius 3 is 2.50 bits per heavy atom. The van der Waals surface area contributed by atoms with Gasteiger partial charge in [0, 0.05) is 0 Å². The molecule has 0 aliphatic carbocycles. The molecule has 1 N–H and O–H groups in total. The van der Waals surface area contributed by atoms with Gasteiger partial charge in [0.25, 0.3) is 0 Å².